The maximum absolute atomic E-state index is 7.09. The molecule has 1 spiro atoms. The highest BCUT2D eigenvalue weighted by molar-refractivity contribution is 6.10. The fourth-order valence-corrected chi connectivity index (χ4v) is 8.11. The SMILES string of the molecule is C.C=C1/C=C\C=C/Cn2c3ccccc3c3cccc(c32)C12c1ccccc1Oc1c(C(c3ccccc3)c3ccccc3)cccc12.COC. The van der Waals surface area contributed by atoms with Gasteiger partial charge in [0.2, 0.25) is 0 Å². The summed E-state index contributed by atoms with van der Waals surface area (Å²) in [6.45, 7) is 5.65. The molecule has 1 atom stereocenters. The first kappa shape index (κ1) is 33.6. The van der Waals surface area contributed by atoms with Gasteiger partial charge in [-0.1, -0.05) is 172 Å². The van der Waals surface area contributed by atoms with Gasteiger partial charge in [0.1, 0.15) is 11.5 Å². The summed E-state index contributed by atoms with van der Waals surface area (Å²) in [5, 5.41) is 2.50. The second-order valence-corrected chi connectivity index (χ2v) is 12.9. The number of aromatic nitrogens is 1. The van der Waals surface area contributed by atoms with E-state index >= 15 is 0 Å². The third-order valence-corrected chi connectivity index (χ3v) is 10.0. The molecule has 51 heavy (non-hydrogen) atoms. The maximum Gasteiger partial charge on any atom is 0.136 e. The number of nitrogens with zero attached hydrogens (tertiary/aromatic N) is 1. The molecule has 3 heteroatoms. The van der Waals surface area contributed by atoms with E-state index in [4.69, 9.17) is 11.3 Å². The number of benzene rings is 6. The predicted molar refractivity (Wildman–Crippen MR) is 213 cm³/mol. The summed E-state index contributed by atoms with van der Waals surface area (Å²) in [5.41, 5.74) is 9.73. The molecule has 0 radical (unpaired) electrons. The van der Waals surface area contributed by atoms with Crippen molar-refractivity contribution in [1.29, 1.82) is 0 Å². The Bertz CT molecular complexity index is 2360. The molecule has 0 bridgehead atoms. The van der Waals surface area contributed by atoms with Gasteiger partial charge in [0.05, 0.1) is 10.9 Å². The summed E-state index contributed by atoms with van der Waals surface area (Å²) in [6, 6.07) is 52.4. The largest absolute Gasteiger partial charge is 0.456 e. The quantitative estimate of drug-likeness (QED) is 0.175. The minimum absolute atomic E-state index is 0. The van der Waals surface area contributed by atoms with Crippen LogP contribution in [0.4, 0.5) is 0 Å². The van der Waals surface area contributed by atoms with Crippen molar-refractivity contribution >= 4 is 21.8 Å². The fraction of sp³-hybridized carbons (Fsp3) is 0.125. The smallest absolute Gasteiger partial charge is 0.136 e. The minimum Gasteiger partial charge on any atom is -0.456 e. The Morgan fingerprint density at radius 3 is 1.98 bits per heavy atom. The van der Waals surface area contributed by atoms with E-state index in [0.29, 0.717) is 0 Å². The zero-order valence-electron chi connectivity index (χ0n) is 28.4. The third kappa shape index (κ3) is 5.42. The Labute approximate surface area is 301 Å². The van der Waals surface area contributed by atoms with Crippen LogP contribution >= 0.6 is 0 Å². The second kappa shape index (κ2) is 14.1. The highest BCUT2D eigenvalue weighted by Gasteiger charge is 2.48. The molecular formula is C48H43NO2. The van der Waals surface area contributed by atoms with Crippen LogP contribution in [0.15, 0.2) is 182 Å². The first-order valence-electron chi connectivity index (χ1n) is 17.1. The number of methoxy groups -OCH3 is 1. The summed E-state index contributed by atoms with van der Waals surface area (Å²) in [7, 11) is 3.25. The van der Waals surface area contributed by atoms with Gasteiger partial charge in [0, 0.05) is 59.7 Å². The van der Waals surface area contributed by atoms with E-state index in [1.807, 2.05) is 0 Å². The maximum atomic E-state index is 7.09. The Morgan fingerprint density at radius 2 is 1.24 bits per heavy atom. The predicted octanol–water partition coefficient (Wildman–Crippen LogP) is 12.0. The van der Waals surface area contributed by atoms with Crippen molar-refractivity contribution in [3.05, 3.63) is 215 Å². The standard InChI is InChI=1S/C45H33NO.C2H6O.CH4/c1-31-17-5-4-14-30-46-40-28-12-10-22-34(40)35-23-15-26-38(43(35)46)45(31)37-25-11-13-29-41(37)47-44-36(24-16-27-39(44)45)42(32-18-6-2-7-19-32)33-20-8-3-9-21-33;1-3-2;/h2-29,42H,1,30H2;1-2H3;1H4/b14-4-,17-5-;;. The summed E-state index contributed by atoms with van der Waals surface area (Å²) in [4.78, 5) is 0. The molecule has 6 aromatic carbocycles. The van der Waals surface area contributed by atoms with Crippen LogP contribution in [-0.4, -0.2) is 18.8 Å². The Morgan fingerprint density at radius 1 is 0.647 bits per heavy atom. The molecular weight excluding hydrogens is 623 g/mol. The van der Waals surface area contributed by atoms with Crippen LogP contribution in [-0.2, 0) is 16.7 Å². The van der Waals surface area contributed by atoms with Gasteiger partial charge in [0.25, 0.3) is 0 Å². The summed E-state index contributed by atoms with van der Waals surface area (Å²) < 4.78 is 13.8. The van der Waals surface area contributed by atoms with Gasteiger partial charge >= 0.3 is 0 Å². The van der Waals surface area contributed by atoms with Crippen molar-refractivity contribution in [2.75, 3.05) is 14.2 Å². The Kier molecular flexibility index (Phi) is 9.32. The lowest BCUT2D eigenvalue weighted by Crippen LogP contribution is -2.35. The highest BCUT2D eigenvalue weighted by atomic mass is 16.5. The van der Waals surface area contributed by atoms with Gasteiger partial charge in [-0.05, 0) is 34.4 Å². The number of para-hydroxylation sites is 4. The number of allylic oxidation sites excluding steroid dienone is 5. The molecule has 9 rings (SSSR count). The van der Waals surface area contributed by atoms with Gasteiger partial charge in [-0.3, -0.25) is 0 Å². The lowest BCUT2D eigenvalue weighted by molar-refractivity contribution is 0.277. The average molecular weight is 666 g/mol. The Balaban J connectivity index is 0.000000983. The van der Waals surface area contributed by atoms with Gasteiger partial charge in [-0.2, -0.15) is 0 Å². The Hall–Kier alpha value is -5.90. The number of rotatable bonds is 3. The summed E-state index contributed by atoms with van der Waals surface area (Å²) in [6.07, 6.45) is 8.72. The molecule has 252 valence electrons. The van der Waals surface area contributed by atoms with Crippen molar-refractivity contribution in [3.8, 4) is 11.5 Å². The zero-order valence-corrected chi connectivity index (χ0v) is 28.4. The van der Waals surface area contributed by atoms with Crippen LogP contribution in [0.2, 0.25) is 0 Å². The van der Waals surface area contributed by atoms with Crippen LogP contribution in [0.25, 0.3) is 21.8 Å². The van der Waals surface area contributed by atoms with Crippen molar-refractivity contribution in [2.24, 2.45) is 0 Å². The van der Waals surface area contributed by atoms with Gasteiger partial charge < -0.3 is 14.0 Å². The molecule has 3 nitrogen and oxygen atoms in total. The number of hydrogen-bond donors (Lipinski definition) is 0. The van der Waals surface area contributed by atoms with E-state index in [-0.39, 0.29) is 13.3 Å². The van der Waals surface area contributed by atoms with Gasteiger partial charge in [-0.15, -0.1) is 0 Å². The average Bonchev–Trinajstić information content (AvgIpc) is 3.49. The van der Waals surface area contributed by atoms with E-state index in [1.54, 1.807) is 14.2 Å². The normalized spacial score (nSPS) is 17.0. The molecule has 0 saturated heterocycles. The minimum atomic E-state index is -0.717. The van der Waals surface area contributed by atoms with Crippen molar-refractivity contribution in [1.82, 2.24) is 4.57 Å². The van der Waals surface area contributed by atoms with Gasteiger partial charge in [-0.25, -0.2) is 0 Å². The molecule has 0 fully saturated rings. The first-order valence-corrected chi connectivity index (χ1v) is 17.1. The monoisotopic (exact) mass is 665 g/mol. The van der Waals surface area contributed by atoms with Crippen molar-refractivity contribution in [2.45, 2.75) is 25.3 Å². The molecule has 2 aliphatic heterocycles. The molecule has 0 N–H and O–H groups in total. The van der Waals surface area contributed by atoms with E-state index in [0.717, 1.165) is 40.3 Å². The third-order valence-electron chi connectivity index (χ3n) is 10.0. The summed E-state index contributed by atoms with van der Waals surface area (Å²) >= 11 is 0. The van der Waals surface area contributed by atoms with Gasteiger partial charge in [0.15, 0.2) is 0 Å². The van der Waals surface area contributed by atoms with Crippen LogP contribution in [0.5, 0.6) is 11.5 Å². The molecule has 0 amide bonds. The van der Waals surface area contributed by atoms with Crippen LogP contribution in [0.1, 0.15) is 46.7 Å². The number of hydrogen-bond acceptors (Lipinski definition) is 2. The van der Waals surface area contributed by atoms with E-state index < -0.39 is 5.41 Å². The van der Waals surface area contributed by atoms with Crippen LogP contribution < -0.4 is 4.74 Å². The summed E-state index contributed by atoms with van der Waals surface area (Å²) in [5.74, 6) is 1.73. The second-order valence-electron chi connectivity index (χ2n) is 12.9. The topological polar surface area (TPSA) is 23.4 Å². The highest BCUT2D eigenvalue weighted by Crippen LogP contribution is 2.59. The number of fused-ring (bicyclic) bond motifs is 8. The fourth-order valence-electron chi connectivity index (χ4n) is 8.11. The zero-order chi connectivity index (χ0) is 34.1. The number of ether oxygens (including phenoxy) is 2. The molecule has 0 aliphatic carbocycles. The molecule has 2 aliphatic rings. The molecule has 3 heterocycles. The lowest BCUT2D eigenvalue weighted by atomic mass is 9.62. The molecule has 0 saturated carbocycles. The van der Waals surface area contributed by atoms with E-state index in [2.05, 4.69) is 179 Å². The first-order chi connectivity index (χ1) is 24.7. The molecule has 7 aromatic rings. The van der Waals surface area contributed by atoms with Crippen molar-refractivity contribution < 1.29 is 9.47 Å². The van der Waals surface area contributed by atoms with E-state index in [1.165, 1.54) is 38.5 Å². The van der Waals surface area contributed by atoms with Crippen molar-refractivity contribution in [3.63, 3.8) is 0 Å². The molecule has 1 aromatic heterocycles. The lowest BCUT2D eigenvalue weighted by Gasteiger charge is -2.43. The van der Waals surface area contributed by atoms with E-state index in [9.17, 15) is 0 Å². The molecule has 1 unspecified atom stereocenters. The van der Waals surface area contributed by atoms with Crippen LogP contribution in [0, 0.1) is 0 Å². The van der Waals surface area contributed by atoms with Crippen LogP contribution in [0.3, 0.4) is 0 Å².